The maximum atomic E-state index is 11.6. The van der Waals surface area contributed by atoms with Crippen LogP contribution in [0.5, 0.6) is 0 Å². The van der Waals surface area contributed by atoms with Crippen LogP contribution in [-0.4, -0.2) is 30.9 Å². The molecule has 0 spiro atoms. The molecule has 20 heavy (non-hydrogen) atoms. The number of nitrogens with zero attached hydrogens (tertiary/aromatic N) is 1. The second kappa shape index (κ2) is 4.94. The van der Waals surface area contributed by atoms with E-state index in [-0.39, 0.29) is 0 Å². The number of aromatic nitrogens is 1. The third-order valence-electron chi connectivity index (χ3n) is 3.41. The molecule has 0 radical (unpaired) electrons. The van der Waals surface area contributed by atoms with Gasteiger partial charge in [0.05, 0.1) is 10.3 Å². The van der Waals surface area contributed by atoms with Crippen molar-refractivity contribution in [2.24, 2.45) is 0 Å². The van der Waals surface area contributed by atoms with E-state index in [2.05, 4.69) is 10.3 Å². The predicted molar refractivity (Wildman–Crippen MR) is 83.6 cm³/mol. The smallest absolute Gasteiger partial charge is 0.154 e. The average Bonchev–Trinajstić information content (AvgIpc) is 2.35. The van der Waals surface area contributed by atoms with E-state index in [9.17, 15) is 8.42 Å². The second-order valence-corrected chi connectivity index (χ2v) is 8.18. The quantitative estimate of drug-likeness (QED) is 0.843. The fraction of sp³-hybridized carbons (Fsp3) is 0.357. The van der Waals surface area contributed by atoms with Crippen molar-refractivity contribution < 1.29 is 8.42 Å². The molecule has 0 fully saturated rings. The first-order valence-corrected chi connectivity index (χ1v) is 8.18. The molecule has 0 aliphatic heterocycles. The van der Waals surface area contributed by atoms with E-state index in [1.54, 1.807) is 19.9 Å². The van der Waals surface area contributed by atoms with E-state index in [1.165, 1.54) is 6.26 Å². The minimum Gasteiger partial charge on any atom is -0.399 e. The number of nitrogens with one attached hydrogen (secondary N) is 1. The maximum Gasteiger partial charge on any atom is 0.154 e. The molecule has 0 amide bonds. The topological polar surface area (TPSA) is 85.1 Å². The highest BCUT2D eigenvalue weighted by atomic mass is 32.2. The van der Waals surface area contributed by atoms with Crippen LogP contribution in [-0.2, 0) is 9.84 Å². The van der Waals surface area contributed by atoms with Gasteiger partial charge in [0.25, 0.3) is 0 Å². The number of pyridine rings is 1. The zero-order valence-electron chi connectivity index (χ0n) is 11.8. The van der Waals surface area contributed by atoms with Gasteiger partial charge in [-0.2, -0.15) is 0 Å². The Morgan fingerprint density at radius 1 is 1.25 bits per heavy atom. The third-order valence-corrected chi connectivity index (χ3v) is 5.56. The van der Waals surface area contributed by atoms with Gasteiger partial charge in [-0.3, -0.25) is 0 Å². The van der Waals surface area contributed by atoms with Crippen LogP contribution in [0.4, 0.5) is 11.5 Å². The average molecular weight is 293 g/mol. The van der Waals surface area contributed by atoms with Gasteiger partial charge in [-0.1, -0.05) is 0 Å². The molecular weight excluding hydrogens is 274 g/mol. The molecule has 1 heterocycles. The van der Waals surface area contributed by atoms with Gasteiger partial charge in [-0.05, 0) is 44.2 Å². The number of sulfone groups is 1. The van der Waals surface area contributed by atoms with Crippen molar-refractivity contribution >= 4 is 32.2 Å². The highest BCUT2D eigenvalue weighted by Crippen LogP contribution is 2.20. The first kappa shape index (κ1) is 14.6. The minimum atomic E-state index is -3.13. The van der Waals surface area contributed by atoms with Gasteiger partial charge in [-0.15, -0.1) is 0 Å². The Balaban J connectivity index is 2.21. The molecule has 5 nitrogen and oxygen atoms in total. The van der Waals surface area contributed by atoms with Crippen LogP contribution in [0.1, 0.15) is 13.8 Å². The number of rotatable bonds is 4. The number of fused-ring (bicyclic) bond motifs is 1. The lowest BCUT2D eigenvalue weighted by Crippen LogP contribution is -2.38. The number of hydrogen-bond donors (Lipinski definition) is 2. The summed E-state index contributed by atoms with van der Waals surface area (Å²) in [6.07, 6.45) is 1.24. The first-order valence-electron chi connectivity index (χ1n) is 6.29. The number of anilines is 2. The normalized spacial score (nSPS) is 12.6. The van der Waals surface area contributed by atoms with E-state index in [0.29, 0.717) is 18.1 Å². The molecule has 0 atom stereocenters. The Morgan fingerprint density at radius 2 is 1.95 bits per heavy atom. The summed E-state index contributed by atoms with van der Waals surface area (Å²) in [5, 5.41) is 4.03. The van der Waals surface area contributed by atoms with Gasteiger partial charge in [-0.25, -0.2) is 13.4 Å². The molecule has 6 heteroatoms. The van der Waals surface area contributed by atoms with Crippen molar-refractivity contribution in [2.45, 2.75) is 18.6 Å². The fourth-order valence-electron chi connectivity index (χ4n) is 1.68. The first-order chi connectivity index (χ1) is 9.19. The number of nitrogen functional groups attached to an aromatic ring is 1. The van der Waals surface area contributed by atoms with Crippen LogP contribution in [0, 0.1) is 0 Å². The van der Waals surface area contributed by atoms with Crippen molar-refractivity contribution in [1.82, 2.24) is 4.98 Å². The SMILES string of the molecule is CC(C)(CNc1ccc2cc(N)ccc2n1)S(C)(=O)=O. The van der Waals surface area contributed by atoms with Gasteiger partial charge in [0.2, 0.25) is 0 Å². The Kier molecular flexibility index (Phi) is 3.60. The molecule has 108 valence electrons. The molecule has 0 saturated heterocycles. The highest BCUT2D eigenvalue weighted by Gasteiger charge is 2.29. The second-order valence-electron chi connectivity index (χ2n) is 5.53. The number of nitrogens with two attached hydrogens (primary N) is 1. The van der Waals surface area contributed by atoms with Crippen LogP contribution < -0.4 is 11.1 Å². The summed E-state index contributed by atoms with van der Waals surface area (Å²) >= 11 is 0. The standard InChI is InChI=1S/C14H19N3O2S/c1-14(2,20(3,18)19)9-16-13-7-4-10-8-11(15)5-6-12(10)17-13/h4-8H,9,15H2,1-3H3,(H,16,17). The van der Waals surface area contributed by atoms with Crippen molar-refractivity contribution in [3.63, 3.8) is 0 Å². The zero-order chi connectivity index (χ0) is 15.0. The molecule has 1 aromatic heterocycles. The highest BCUT2D eigenvalue weighted by molar-refractivity contribution is 7.92. The van der Waals surface area contributed by atoms with Crippen molar-refractivity contribution in [2.75, 3.05) is 23.9 Å². The van der Waals surface area contributed by atoms with Gasteiger partial charge < -0.3 is 11.1 Å². The van der Waals surface area contributed by atoms with E-state index in [4.69, 9.17) is 5.73 Å². The molecule has 0 aliphatic rings. The molecule has 2 rings (SSSR count). The summed E-state index contributed by atoms with van der Waals surface area (Å²) in [6.45, 7) is 3.69. The molecule has 3 N–H and O–H groups in total. The number of benzene rings is 1. The maximum absolute atomic E-state index is 11.6. The number of hydrogen-bond acceptors (Lipinski definition) is 5. The van der Waals surface area contributed by atoms with Gasteiger partial charge in [0, 0.05) is 23.9 Å². The lowest BCUT2D eigenvalue weighted by atomic mass is 10.2. The lowest BCUT2D eigenvalue weighted by molar-refractivity contribution is 0.559. The summed E-state index contributed by atoms with van der Waals surface area (Å²) in [6, 6.07) is 9.22. The predicted octanol–water partition coefficient (Wildman–Crippen LogP) is 2.05. The van der Waals surface area contributed by atoms with Crippen LogP contribution >= 0.6 is 0 Å². The Bertz CT molecular complexity index is 739. The molecule has 2 aromatic rings. The Hall–Kier alpha value is -1.82. The third kappa shape index (κ3) is 3.01. The largest absolute Gasteiger partial charge is 0.399 e. The molecule has 0 aliphatic carbocycles. The van der Waals surface area contributed by atoms with Crippen molar-refractivity contribution in [3.05, 3.63) is 30.3 Å². The zero-order valence-corrected chi connectivity index (χ0v) is 12.7. The van der Waals surface area contributed by atoms with Crippen LogP contribution in [0.25, 0.3) is 10.9 Å². The Morgan fingerprint density at radius 3 is 2.60 bits per heavy atom. The van der Waals surface area contributed by atoms with E-state index in [1.807, 2.05) is 24.3 Å². The van der Waals surface area contributed by atoms with Crippen molar-refractivity contribution in [3.8, 4) is 0 Å². The van der Waals surface area contributed by atoms with Crippen LogP contribution in [0.2, 0.25) is 0 Å². The van der Waals surface area contributed by atoms with Gasteiger partial charge >= 0.3 is 0 Å². The van der Waals surface area contributed by atoms with Gasteiger partial charge in [0.1, 0.15) is 5.82 Å². The summed E-state index contributed by atoms with van der Waals surface area (Å²) in [5.74, 6) is 0.652. The monoisotopic (exact) mass is 293 g/mol. The van der Waals surface area contributed by atoms with Crippen LogP contribution in [0.3, 0.4) is 0 Å². The van der Waals surface area contributed by atoms with E-state index in [0.717, 1.165) is 10.9 Å². The molecule has 0 unspecified atom stereocenters. The van der Waals surface area contributed by atoms with E-state index < -0.39 is 14.6 Å². The molecule has 0 bridgehead atoms. The van der Waals surface area contributed by atoms with E-state index >= 15 is 0 Å². The molecule has 0 saturated carbocycles. The summed E-state index contributed by atoms with van der Waals surface area (Å²) in [4.78, 5) is 4.44. The lowest BCUT2D eigenvalue weighted by Gasteiger charge is -2.23. The molecular formula is C14H19N3O2S. The van der Waals surface area contributed by atoms with Crippen molar-refractivity contribution in [1.29, 1.82) is 0 Å². The minimum absolute atomic E-state index is 0.305. The fourth-order valence-corrected chi connectivity index (χ4v) is 2.01. The van der Waals surface area contributed by atoms with Crippen LogP contribution in [0.15, 0.2) is 30.3 Å². The summed E-state index contributed by atoms with van der Waals surface area (Å²) < 4.78 is 22.5. The Labute approximate surface area is 119 Å². The molecule has 1 aromatic carbocycles. The summed E-state index contributed by atoms with van der Waals surface area (Å²) in [7, 11) is -3.13. The van der Waals surface area contributed by atoms with Gasteiger partial charge in [0.15, 0.2) is 9.84 Å². The summed E-state index contributed by atoms with van der Waals surface area (Å²) in [5.41, 5.74) is 7.23.